The fourth-order valence-corrected chi connectivity index (χ4v) is 4.48. The van der Waals surface area contributed by atoms with Crippen LogP contribution < -0.4 is 5.32 Å². The van der Waals surface area contributed by atoms with Crippen molar-refractivity contribution in [3.8, 4) is 0 Å². The van der Waals surface area contributed by atoms with Gasteiger partial charge in [-0.15, -0.1) is 0 Å². The molecule has 5 rings (SSSR count). The quantitative estimate of drug-likeness (QED) is 0.438. The van der Waals surface area contributed by atoms with E-state index in [-0.39, 0.29) is 18.4 Å². The maximum Gasteiger partial charge on any atom is 0.635 e. The summed E-state index contributed by atoms with van der Waals surface area (Å²) in [4.78, 5) is 13.3. The first kappa shape index (κ1) is 18.4. The maximum atomic E-state index is 13.3. The molecule has 7 nitrogen and oxygen atoms in total. The van der Waals surface area contributed by atoms with Crippen molar-refractivity contribution >= 4 is 24.2 Å². The topological polar surface area (TPSA) is 101 Å². The zero-order valence-corrected chi connectivity index (χ0v) is 15.6. The van der Waals surface area contributed by atoms with Crippen molar-refractivity contribution in [1.82, 2.24) is 5.32 Å². The van der Waals surface area contributed by atoms with Gasteiger partial charge in [-0.1, -0.05) is 42.5 Å². The Labute approximate surface area is 167 Å². The van der Waals surface area contributed by atoms with E-state index in [1.54, 1.807) is 6.26 Å². The van der Waals surface area contributed by atoms with Crippen LogP contribution >= 0.6 is 0 Å². The lowest BCUT2D eigenvalue weighted by molar-refractivity contribution is -0.147. The summed E-state index contributed by atoms with van der Waals surface area (Å²) in [5.41, 5.74) is 2.34. The summed E-state index contributed by atoms with van der Waals surface area (Å²) in [5.74, 6) is -0.344. The monoisotopic (exact) mass is 393 g/mol. The predicted molar refractivity (Wildman–Crippen MR) is 104 cm³/mol. The third-order valence-electron chi connectivity index (χ3n) is 5.76. The summed E-state index contributed by atoms with van der Waals surface area (Å²) in [7, 11) is -2.02. The van der Waals surface area contributed by atoms with Gasteiger partial charge in [0.25, 0.3) is 5.91 Å². The molecule has 148 valence electrons. The molecule has 2 aliphatic heterocycles. The van der Waals surface area contributed by atoms with Crippen molar-refractivity contribution < 1.29 is 28.7 Å². The number of amides is 1. The number of fused-ring (bicyclic) bond motifs is 6. The molecule has 3 heterocycles. The number of para-hydroxylation sites is 1. The number of carbonyl (C=O) groups is 1. The van der Waals surface area contributed by atoms with Crippen LogP contribution in [0.15, 0.2) is 59.2 Å². The van der Waals surface area contributed by atoms with Gasteiger partial charge in [-0.2, -0.15) is 0 Å². The SMILES string of the molecule is O=C(N[C@@H](Cc1coc2ccccc12)OB(O)O)[C@]12CC[C@H](O1)c1ccccc12. The van der Waals surface area contributed by atoms with Crippen molar-refractivity contribution in [3.63, 3.8) is 0 Å². The molecule has 0 saturated carbocycles. The average molecular weight is 393 g/mol. The summed E-state index contributed by atoms with van der Waals surface area (Å²) < 4.78 is 16.8. The highest BCUT2D eigenvalue weighted by Gasteiger charge is 2.55. The Balaban J connectivity index is 1.41. The molecule has 2 aromatic carbocycles. The Bertz CT molecular complexity index is 1070. The molecule has 0 spiro atoms. The molecule has 1 amide bonds. The highest BCUT2D eigenvalue weighted by molar-refractivity contribution is 6.32. The fourth-order valence-electron chi connectivity index (χ4n) is 4.48. The van der Waals surface area contributed by atoms with Crippen molar-refractivity contribution in [1.29, 1.82) is 0 Å². The van der Waals surface area contributed by atoms with Gasteiger partial charge in [0, 0.05) is 17.4 Å². The summed E-state index contributed by atoms with van der Waals surface area (Å²) in [5, 5.41) is 22.4. The molecule has 8 heteroatoms. The minimum absolute atomic E-state index is 0.0856. The van der Waals surface area contributed by atoms with Crippen LogP contribution in [0, 0.1) is 0 Å². The first-order valence-corrected chi connectivity index (χ1v) is 9.62. The Morgan fingerprint density at radius 3 is 2.90 bits per heavy atom. The molecule has 2 bridgehead atoms. The largest absolute Gasteiger partial charge is 0.635 e. The van der Waals surface area contributed by atoms with Gasteiger partial charge in [0.1, 0.15) is 11.8 Å². The predicted octanol–water partition coefficient (Wildman–Crippen LogP) is 2.16. The third-order valence-corrected chi connectivity index (χ3v) is 5.76. The summed E-state index contributed by atoms with van der Waals surface area (Å²) >= 11 is 0. The van der Waals surface area contributed by atoms with Crippen molar-refractivity contribution in [2.24, 2.45) is 0 Å². The van der Waals surface area contributed by atoms with E-state index >= 15 is 0 Å². The van der Waals surface area contributed by atoms with Gasteiger partial charge in [0.2, 0.25) is 0 Å². The van der Waals surface area contributed by atoms with Gasteiger partial charge in [0.05, 0.1) is 12.4 Å². The lowest BCUT2D eigenvalue weighted by atomic mass is 9.81. The van der Waals surface area contributed by atoms with Crippen LogP contribution in [0.1, 0.15) is 35.6 Å². The number of ether oxygens (including phenoxy) is 1. The highest BCUT2D eigenvalue weighted by atomic mass is 16.6. The first-order valence-electron chi connectivity index (χ1n) is 9.62. The zero-order chi connectivity index (χ0) is 20.0. The summed E-state index contributed by atoms with van der Waals surface area (Å²) in [6.45, 7) is 0. The van der Waals surface area contributed by atoms with Crippen LogP contribution in [0.2, 0.25) is 0 Å². The van der Waals surface area contributed by atoms with E-state index < -0.39 is 19.2 Å². The molecule has 1 saturated heterocycles. The molecule has 0 radical (unpaired) electrons. The van der Waals surface area contributed by atoms with Crippen LogP contribution in [-0.4, -0.2) is 29.5 Å². The van der Waals surface area contributed by atoms with Gasteiger partial charge in [-0.25, -0.2) is 0 Å². The fraction of sp³-hybridized carbons (Fsp3) is 0.286. The highest BCUT2D eigenvalue weighted by Crippen LogP contribution is 2.54. The van der Waals surface area contributed by atoms with Gasteiger partial charge in [-0.05, 0) is 30.0 Å². The second kappa shape index (κ2) is 7.00. The number of nitrogens with one attached hydrogen (secondary N) is 1. The number of carbonyl (C=O) groups excluding carboxylic acids is 1. The van der Waals surface area contributed by atoms with Crippen LogP contribution in [0.5, 0.6) is 0 Å². The van der Waals surface area contributed by atoms with Crippen LogP contribution in [0.25, 0.3) is 11.0 Å². The van der Waals surface area contributed by atoms with Crippen molar-refractivity contribution in [3.05, 3.63) is 71.5 Å². The average Bonchev–Trinajstić information content (AvgIpc) is 3.41. The zero-order valence-electron chi connectivity index (χ0n) is 15.6. The maximum absolute atomic E-state index is 13.3. The van der Waals surface area contributed by atoms with Gasteiger partial charge >= 0.3 is 7.32 Å². The van der Waals surface area contributed by atoms with Gasteiger partial charge in [-0.3, -0.25) is 4.79 Å². The normalized spacial score (nSPS) is 23.2. The van der Waals surface area contributed by atoms with E-state index in [1.807, 2.05) is 48.5 Å². The second-order valence-electron chi connectivity index (χ2n) is 7.45. The standard InChI is InChI=1S/C21H20BNO6/c24-20(21-10-9-18(28-21)15-6-1-3-7-16(15)21)23-19(29-22(25)26)11-13-12-27-17-8-4-2-5-14(13)17/h1-8,12,18-19,25-26H,9-11H2,(H,23,24)/t18-,19+,21+/m0/s1. The van der Waals surface area contributed by atoms with Crippen molar-refractivity contribution in [2.75, 3.05) is 0 Å². The van der Waals surface area contributed by atoms with Crippen LogP contribution in [-0.2, 0) is 26.2 Å². The molecule has 3 atom stereocenters. The number of furan rings is 1. The minimum atomic E-state index is -2.02. The van der Waals surface area contributed by atoms with Crippen LogP contribution in [0.3, 0.4) is 0 Å². The molecule has 3 N–H and O–H groups in total. The Morgan fingerprint density at radius 2 is 2.03 bits per heavy atom. The summed E-state index contributed by atoms with van der Waals surface area (Å²) in [6, 6.07) is 15.2. The molecule has 3 aromatic rings. The van der Waals surface area contributed by atoms with E-state index in [4.69, 9.17) is 13.8 Å². The molecular weight excluding hydrogens is 373 g/mol. The Morgan fingerprint density at radius 1 is 1.24 bits per heavy atom. The van der Waals surface area contributed by atoms with E-state index in [1.165, 1.54) is 0 Å². The molecule has 29 heavy (non-hydrogen) atoms. The lowest BCUT2D eigenvalue weighted by Gasteiger charge is -2.28. The van der Waals surface area contributed by atoms with Crippen LogP contribution in [0.4, 0.5) is 0 Å². The lowest BCUT2D eigenvalue weighted by Crippen LogP contribution is -2.50. The van der Waals surface area contributed by atoms with E-state index in [2.05, 4.69) is 5.32 Å². The molecule has 1 aromatic heterocycles. The summed E-state index contributed by atoms with van der Waals surface area (Å²) in [6.07, 6.45) is 2.09. The van der Waals surface area contributed by atoms with E-state index in [9.17, 15) is 14.8 Å². The molecule has 2 aliphatic rings. The van der Waals surface area contributed by atoms with Crippen molar-refractivity contribution in [2.45, 2.75) is 37.2 Å². The third kappa shape index (κ3) is 3.05. The van der Waals surface area contributed by atoms with E-state index in [0.29, 0.717) is 12.0 Å². The van der Waals surface area contributed by atoms with E-state index in [0.717, 1.165) is 28.5 Å². The minimum Gasteiger partial charge on any atom is -0.464 e. The number of hydrogen-bond donors (Lipinski definition) is 3. The number of rotatable bonds is 6. The van der Waals surface area contributed by atoms with Gasteiger partial charge in [0.15, 0.2) is 5.60 Å². The second-order valence-corrected chi connectivity index (χ2v) is 7.45. The number of benzene rings is 2. The molecule has 0 aliphatic carbocycles. The smallest absolute Gasteiger partial charge is 0.464 e. The Hall–Kier alpha value is -2.65. The van der Waals surface area contributed by atoms with Gasteiger partial charge < -0.3 is 29.2 Å². The first-order chi connectivity index (χ1) is 14.1. The number of hydrogen-bond acceptors (Lipinski definition) is 6. The Kier molecular flexibility index (Phi) is 4.44. The molecular formula is C21H20BNO6. The molecule has 0 unspecified atom stereocenters. The molecule has 1 fully saturated rings.